The van der Waals surface area contributed by atoms with Gasteiger partial charge in [-0.3, -0.25) is 0 Å². The predicted octanol–water partition coefficient (Wildman–Crippen LogP) is 3.36. The molecule has 2 heterocycles. The first-order valence-electron chi connectivity index (χ1n) is 8.68. The Morgan fingerprint density at radius 3 is 2.36 bits per heavy atom. The fourth-order valence-electron chi connectivity index (χ4n) is 2.44. The Morgan fingerprint density at radius 1 is 0.964 bits per heavy atom. The van der Waals surface area contributed by atoms with Crippen molar-refractivity contribution in [2.24, 2.45) is 0 Å². The molecule has 0 saturated carbocycles. The van der Waals surface area contributed by atoms with Gasteiger partial charge in [0.05, 0.1) is 13.3 Å². The van der Waals surface area contributed by atoms with Crippen LogP contribution in [0.25, 0.3) is 0 Å². The van der Waals surface area contributed by atoms with Gasteiger partial charge in [-0.15, -0.1) is 0 Å². The van der Waals surface area contributed by atoms with Crippen LogP contribution in [0.15, 0.2) is 42.7 Å². The predicted molar refractivity (Wildman–Crippen MR) is 108 cm³/mol. The zero-order chi connectivity index (χ0) is 20.1. The van der Waals surface area contributed by atoms with Crippen LogP contribution in [-0.4, -0.2) is 22.1 Å². The number of nitrogens with zero attached hydrogens (tertiary/aromatic N) is 3. The van der Waals surface area contributed by atoms with Crippen LogP contribution in [0.5, 0.6) is 17.2 Å². The van der Waals surface area contributed by atoms with Gasteiger partial charge in [0.15, 0.2) is 11.6 Å². The van der Waals surface area contributed by atoms with Crippen molar-refractivity contribution in [2.45, 2.75) is 19.8 Å². The summed E-state index contributed by atoms with van der Waals surface area (Å²) in [6.07, 6.45) is 3.21. The van der Waals surface area contributed by atoms with Crippen LogP contribution >= 0.6 is 0 Å². The number of methoxy groups -OCH3 is 1. The number of nitrogen functional groups attached to an aromatic ring is 2. The average Bonchev–Trinajstić information content (AvgIpc) is 2.69. The van der Waals surface area contributed by atoms with Crippen LogP contribution in [-0.2, 0) is 0 Å². The molecule has 0 aliphatic carbocycles. The molecule has 7 nitrogen and oxygen atoms in total. The number of benzene rings is 1. The third-order valence-corrected chi connectivity index (χ3v) is 3.96. The SMILES string of the molecule is COc1ccc(C#Cc2cc(Oc3cnc(N)nc3N)c(C(C)C)cn2)cc1. The summed E-state index contributed by atoms with van der Waals surface area (Å²) in [5.74, 6) is 8.30. The molecule has 142 valence electrons. The summed E-state index contributed by atoms with van der Waals surface area (Å²) in [7, 11) is 1.63. The lowest BCUT2D eigenvalue weighted by Crippen LogP contribution is -2.03. The summed E-state index contributed by atoms with van der Waals surface area (Å²) in [5.41, 5.74) is 13.8. The molecule has 7 heteroatoms. The molecule has 0 radical (unpaired) electrons. The van der Waals surface area contributed by atoms with Gasteiger partial charge in [0.1, 0.15) is 17.2 Å². The van der Waals surface area contributed by atoms with Gasteiger partial charge < -0.3 is 20.9 Å². The van der Waals surface area contributed by atoms with Gasteiger partial charge in [-0.2, -0.15) is 4.98 Å². The summed E-state index contributed by atoms with van der Waals surface area (Å²) in [6.45, 7) is 4.10. The Hall–Kier alpha value is -3.79. The van der Waals surface area contributed by atoms with E-state index in [0.29, 0.717) is 17.2 Å². The van der Waals surface area contributed by atoms with Gasteiger partial charge in [0.25, 0.3) is 0 Å². The summed E-state index contributed by atoms with van der Waals surface area (Å²) >= 11 is 0. The highest BCUT2D eigenvalue weighted by Gasteiger charge is 2.13. The largest absolute Gasteiger partial charge is 0.497 e. The van der Waals surface area contributed by atoms with Crippen molar-refractivity contribution in [1.82, 2.24) is 15.0 Å². The minimum atomic E-state index is 0.0923. The van der Waals surface area contributed by atoms with Gasteiger partial charge in [-0.05, 0) is 36.1 Å². The van der Waals surface area contributed by atoms with Gasteiger partial charge >= 0.3 is 0 Å². The normalized spacial score (nSPS) is 10.3. The maximum absolute atomic E-state index is 5.95. The van der Waals surface area contributed by atoms with Gasteiger partial charge in [-0.1, -0.05) is 19.8 Å². The van der Waals surface area contributed by atoms with Crippen molar-refractivity contribution < 1.29 is 9.47 Å². The smallest absolute Gasteiger partial charge is 0.222 e. The van der Waals surface area contributed by atoms with Crippen LogP contribution < -0.4 is 20.9 Å². The third kappa shape index (κ3) is 4.48. The van der Waals surface area contributed by atoms with Gasteiger partial charge in [-0.25, -0.2) is 9.97 Å². The number of ether oxygens (including phenoxy) is 2. The molecule has 0 atom stereocenters. The average molecular weight is 375 g/mol. The first kappa shape index (κ1) is 19.0. The maximum Gasteiger partial charge on any atom is 0.222 e. The van der Waals surface area contributed by atoms with E-state index in [1.807, 2.05) is 24.3 Å². The van der Waals surface area contributed by atoms with Gasteiger partial charge in [0, 0.05) is 23.4 Å². The molecule has 0 unspecified atom stereocenters. The molecule has 0 bridgehead atoms. The van der Waals surface area contributed by atoms with E-state index in [4.69, 9.17) is 20.9 Å². The Morgan fingerprint density at radius 2 is 1.71 bits per heavy atom. The Kier molecular flexibility index (Phi) is 5.61. The van der Waals surface area contributed by atoms with E-state index in [-0.39, 0.29) is 17.7 Å². The van der Waals surface area contributed by atoms with E-state index in [0.717, 1.165) is 16.9 Å². The Bertz CT molecular complexity index is 1040. The highest BCUT2D eigenvalue weighted by atomic mass is 16.5. The Balaban J connectivity index is 1.92. The molecule has 2 aromatic heterocycles. The number of pyridine rings is 1. The van der Waals surface area contributed by atoms with Crippen LogP contribution in [0, 0.1) is 11.8 Å². The minimum Gasteiger partial charge on any atom is -0.497 e. The second kappa shape index (κ2) is 8.27. The molecule has 0 saturated heterocycles. The number of hydrogen-bond donors (Lipinski definition) is 2. The number of aromatic nitrogens is 3. The molecular weight excluding hydrogens is 354 g/mol. The molecule has 0 spiro atoms. The zero-order valence-corrected chi connectivity index (χ0v) is 15.9. The first-order chi connectivity index (χ1) is 13.5. The van der Waals surface area contributed by atoms with Crippen molar-refractivity contribution in [2.75, 3.05) is 18.6 Å². The lowest BCUT2D eigenvalue weighted by Gasteiger charge is -2.14. The molecule has 28 heavy (non-hydrogen) atoms. The number of anilines is 2. The number of hydrogen-bond acceptors (Lipinski definition) is 7. The van der Waals surface area contributed by atoms with Crippen molar-refractivity contribution in [3.05, 3.63) is 59.5 Å². The van der Waals surface area contributed by atoms with Crippen molar-refractivity contribution in [3.8, 4) is 29.1 Å². The van der Waals surface area contributed by atoms with Crippen LogP contribution in [0.3, 0.4) is 0 Å². The molecule has 1 aromatic carbocycles. The Labute approximate surface area is 163 Å². The molecule has 0 aliphatic rings. The number of nitrogens with two attached hydrogens (primary N) is 2. The van der Waals surface area contributed by atoms with Crippen LogP contribution in [0.2, 0.25) is 0 Å². The zero-order valence-electron chi connectivity index (χ0n) is 15.9. The summed E-state index contributed by atoms with van der Waals surface area (Å²) in [4.78, 5) is 12.3. The monoisotopic (exact) mass is 375 g/mol. The highest BCUT2D eigenvalue weighted by Crippen LogP contribution is 2.32. The summed E-state index contributed by atoms with van der Waals surface area (Å²) in [5, 5.41) is 0. The molecule has 3 aromatic rings. The third-order valence-electron chi connectivity index (χ3n) is 3.96. The maximum atomic E-state index is 5.95. The second-order valence-corrected chi connectivity index (χ2v) is 6.32. The standard InChI is InChI=1S/C21H21N5O2/c1-13(2)17-11-24-15(7-4-14-5-8-16(27-3)9-6-14)10-18(17)28-19-12-25-21(23)26-20(19)22/h5-6,8-13H,1-3H3,(H4,22,23,25,26). The van der Waals surface area contributed by atoms with E-state index < -0.39 is 0 Å². The quantitative estimate of drug-likeness (QED) is 0.673. The lowest BCUT2D eigenvalue weighted by atomic mass is 10.0. The molecule has 4 N–H and O–H groups in total. The van der Waals surface area contributed by atoms with Crippen molar-refractivity contribution >= 4 is 11.8 Å². The van der Waals surface area contributed by atoms with Crippen LogP contribution in [0.4, 0.5) is 11.8 Å². The van der Waals surface area contributed by atoms with Crippen LogP contribution in [0.1, 0.15) is 36.6 Å². The molecule has 0 amide bonds. The van der Waals surface area contributed by atoms with Gasteiger partial charge in [0.2, 0.25) is 5.95 Å². The second-order valence-electron chi connectivity index (χ2n) is 6.32. The topological polar surface area (TPSA) is 109 Å². The van der Waals surface area contributed by atoms with E-state index in [1.165, 1.54) is 6.20 Å². The summed E-state index contributed by atoms with van der Waals surface area (Å²) in [6, 6.07) is 9.27. The molecular formula is C21H21N5O2. The molecule has 3 rings (SSSR count). The lowest BCUT2D eigenvalue weighted by molar-refractivity contribution is 0.415. The first-order valence-corrected chi connectivity index (χ1v) is 8.68. The summed E-state index contributed by atoms with van der Waals surface area (Å²) < 4.78 is 11.1. The number of rotatable bonds is 4. The highest BCUT2D eigenvalue weighted by molar-refractivity contribution is 5.51. The van der Waals surface area contributed by atoms with E-state index >= 15 is 0 Å². The fourth-order valence-corrected chi connectivity index (χ4v) is 2.44. The fraction of sp³-hybridized carbons (Fsp3) is 0.190. The van der Waals surface area contributed by atoms with Crippen molar-refractivity contribution in [1.29, 1.82) is 0 Å². The molecule has 0 aliphatic heterocycles. The van der Waals surface area contributed by atoms with E-state index in [2.05, 4.69) is 40.6 Å². The van der Waals surface area contributed by atoms with Crippen molar-refractivity contribution in [3.63, 3.8) is 0 Å². The van der Waals surface area contributed by atoms with E-state index in [1.54, 1.807) is 19.4 Å². The molecule has 0 fully saturated rings. The van der Waals surface area contributed by atoms with E-state index in [9.17, 15) is 0 Å². The minimum absolute atomic E-state index is 0.0923.